The van der Waals surface area contributed by atoms with Gasteiger partial charge in [0.15, 0.2) is 0 Å². The van der Waals surface area contributed by atoms with Crippen molar-refractivity contribution in [3.05, 3.63) is 53.4 Å². The number of nitrogens with zero attached hydrogens (tertiary/aromatic N) is 2. The monoisotopic (exact) mass is 280 g/mol. The van der Waals surface area contributed by atoms with E-state index in [4.69, 9.17) is 4.52 Å². The number of β-amino-alcohol motifs (C(OH)–C–C–N with tert-alkyl or cyclic N) is 1. The van der Waals surface area contributed by atoms with Gasteiger partial charge in [0.25, 0.3) is 0 Å². The number of aromatic nitrogens is 1. The topological polar surface area (TPSA) is 49.5 Å². The number of hydrogen-bond acceptors (Lipinski definition) is 4. The van der Waals surface area contributed by atoms with Crippen LogP contribution in [0.15, 0.2) is 35.1 Å². The average molecular weight is 280 g/mol. The van der Waals surface area contributed by atoms with Gasteiger partial charge in [-0.05, 0) is 24.6 Å². The highest BCUT2D eigenvalue weighted by Gasteiger charge is 2.34. The molecule has 0 amide bonds. The van der Waals surface area contributed by atoms with Gasteiger partial charge in [0.05, 0.1) is 11.8 Å². The van der Waals surface area contributed by atoms with Crippen LogP contribution in [0.25, 0.3) is 0 Å². The Morgan fingerprint density at radius 1 is 1.35 bits per heavy atom. The van der Waals surface area contributed by atoms with Crippen molar-refractivity contribution < 1.29 is 18.4 Å². The first-order chi connectivity index (χ1) is 9.63. The predicted octanol–water partition coefficient (Wildman–Crippen LogP) is 2.26. The van der Waals surface area contributed by atoms with E-state index in [0.29, 0.717) is 25.2 Å². The third-order valence-corrected chi connectivity index (χ3v) is 3.55. The zero-order chi connectivity index (χ0) is 14.1. The molecule has 0 unspecified atom stereocenters. The van der Waals surface area contributed by atoms with Crippen molar-refractivity contribution >= 4 is 0 Å². The van der Waals surface area contributed by atoms with Gasteiger partial charge >= 0.3 is 0 Å². The molecule has 20 heavy (non-hydrogen) atoms. The molecule has 2 heterocycles. The minimum Gasteiger partial charge on any atom is -0.392 e. The molecule has 1 aromatic heterocycles. The summed E-state index contributed by atoms with van der Waals surface area (Å²) in [5.74, 6) is -0.945. The van der Waals surface area contributed by atoms with E-state index in [-0.39, 0.29) is 11.6 Å². The lowest BCUT2D eigenvalue weighted by Crippen LogP contribution is -2.25. The molecule has 4 nitrogen and oxygen atoms in total. The molecule has 1 aliphatic heterocycles. The molecule has 2 atom stereocenters. The molecular weight excluding hydrogens is 266 g/mol. The standard InChI is InChI=1S/C14H14F2N2O2/c15-9-1-2-13(16)12(5-9)14-6-11(19)8-18(14)7-10-3-4-20-17-10/h1-5,11,14,19H,6-8H2/t11-,14-/m1/s1. The van der Waals surface area contributed by atoms with Crippen LogP contribution in [0.1, 0.15) is 23.7 Å². The number of likely N-dealkylation sites (tertiary alicyclic amines) is 1. The lowest BCUT2D eigenvalue weighted by molar-refractivity contribution is 0.171. The molecule has 0 bridgehead atoms. The van der Waals surface area contributed by atoms with E-state index in [9.17, 15) is 13.9 Å². The molecular formula is C14H14F2N2O2. The summed E-state index contributed by atoms with van der Waals surface area (Å²) < 4.78 is 32.0. The van der Waals surface area contributed by atoms with E-state index in [1.54, 1.807) is 6.07 Å². The van der Waals surface area contributed by atoms with Crippen molar-refractivity contribution in [3.8, 4) is 0 Å². The van der Waals surface area contributed by atoms with Crippen LogP contribution >= 0.6 is 0 Å². The fraction of sp³-hybridized carbons (Fsp3) is 0.357. The number of hydrogen-bond donors (Lipinski definition) is 1. The van der Waals surface area contributed by atoms with Gasteiger partial charge in [-0.2, -0.15) is 0 Å². The second-order valence-electron chi connectivity index (χ2n) is 4.99. The van der Waals surface area contributed by atoms with Crippen molar-refractivity contribution in [2.45, 2.75) is 25.1 Å². The summed E-state index contributed by atoms with van der Waals surface area (Å²) in [6.07, 6.45) is 1.27. The fourth-order valence-electron chi connectivity index (χ4n) is 2.67. The van der Waals surface area contributed by atoms with Crippen LogP contribution in [0, 0.1) is 11.6 Å². The van der Waals surface area contributed by atoms with Crippen LogP contribution in [0.5, 0.6) is 0 Å². The first-order valence-corrected chi connectivity index (χ1v) is 6.40. The van der Waals surface area contributed by atoms with Gasteiger partial charge in [0.1, 0.15) is 17.9 Å². The largest absolute Gasteiger partial charge is 0.392 e. The quantitative estimate of drug-likeness (QED) is 0.937. The highest BCUT2D eigenvalue weighted by atomic mass is 19.1. The Hall–Kier alpha value is -1.79. The zero-order valence-electron chi connectivity index (χ0n) is 10.7. The van der Waals surface area contributed by atoms with E-state index in [0.717, 1.165) is 12.1 Å². The van der Waals surface area contributed by atoms with Gasteiger partial charge in [-0.3, -0.25) is 4.90 Å². The van der Waals surface area contributed by atoms with Gasteiger partial charge in [-0.1, -0.05) is 5.16 Å². The molecule has 1 fully saturated rings. The minimum atomic E-state index is -0.561. The van der Waals surface area contributed by atoms with Gasteiger partial charge < -0.3 is 9.63 Å². The highest BCUT2D eigenvalue weighted by molar-refractivity contribution is 5.24. The molecule has 0 spiro atoms. The summed E-state index contributed by atoms with van der Waals surface area (Å²) in [6.45, 7) is 0.821. The Morgan fingerprint density at radius 3 is 2.95 bits per heavy atom. The second kappa shape index (κ2) is 5.30. The summed E-state index contributed by atoms with van der Waals surface area (Å²) in [7, 11) is 0. The lowest BCUT2D eigenvalue weighted by Gasteiger charge is -2.23. The third-order valence-electron chi connectivity index (χ3n) is 3.55. The van der Waals surface area contributed by atoms with Crippen LogP contribution in [0.3, 0.4) is 0 Å². The molecule has 0 aliphatic carbocycles. The van der Waals surface area contributed by atoms with Crippen molar-refractivity contribution in [1.29, 1.82) is 0 Å². The molecule has 1 saturated heterocycles. The molecule has 0 saturated carbocycles. The molecule has 0 radical (unpaired) electrons. The number of aliphatic hydroxyl groups excluding tert-OH is 1. The highest BCUT2D eigenvalue weighted by Crippen LogP contribution is 2.34. The normalized spacial score (nSPS) is 23.4. The first-order valence-electron chi connectivity index (χ1n) is 6.40. The average Bonchev–Trinajstić information content (AvgIpc) is 3.03. The van der Waals surface area contributed by atoms with E-state index in [2.05, 4.69) is 5.16 Å². The molecule has 3 rings (SSSR count). The summed E-state index contributed by atoms with van der Waals surface area (Å²) >= 11 is 0. The first kappa shape index (κ1) is 13.2. The van der Waals surface area contributed by atoms with E-state index < -0.39 is 17.7 Å². The van der Waals surface area contributed by atoms with Crippen LogP contribution in [-0.2, 0) is 6.54 Å². The van der Waals surface area contributed by atoms with Crippen LogP contribution in [0.2, 0.25) is 0 Å². The molecule has 1 aliphatic rings. The molecule has 106 valence electrons. The van der Waals surface area contributed by atoms with Crippen LogP contribution in [-0.4, -0.2) is 27.8 Å². The maximum Gasteiger partial charge on any atom is 0.128 e. The lowest BCUT2D eigenvalue weighted by atomic mass is 10.0. The van der Waals surface area contributed by atoms with Crippen LogP contribution < -0.4 is 0 Å². The van der Waals surface area contributed by atoms with Crippen molar-refractivity contribution in [3.63, 3.8) is 0 Å². The Kier molecular flexibility index (Phi) is 3.50. The molecule has 1 aromatic carbocycles. The summed E-state index contributed by atoms with van der Waals surface area (Å²) in [5.41, 5.74) is 0.964. The maximum atomic E-state index is 13.9. The summed E-state index contributed by atoms with van der Waals surface area (Å²) in [6, 6.07) is 4.74. The van der Waals surface area contributed by atoms with Crippen LogP contribution in [0.4, 0.5) is 8.78 Å². The number of halogens is 2. The molecule has 2 aromatic rings. The Labute approximate surface area is 114 Å². The maximum absolute atomic E-state index is 13.9. The number of benzene rings is 1. The van der Waals surface area contributed by atoms with E-state index >= 15 is 0 Å². The third kappa shape index (κ3) is 2.57. The van der Waals surface area contributed by atoms with Gasteiger partial charge in [0.2, 0.25) is 0 Å². The summed E-state index contributed by atoms with van der Waals surface area (Å²) in [4.78, 5) is 1.88. The Balaban J connectivity index is 1.87. The second-order valence-corrected chi connectivity index (χ2v) is 4.99. The molecule has 6 heteroatoms. The fourth-order valence-corrected chi connectivity index (χ4v) is 2.67. The van der Waals surface area contributed by atoms with E-state index in [1.807, 2.05) is 4.90 Å². The Morgan fingerprint density at radius 2 is 2.20 bits per heavy atom. The van der Waals surface area contributed by atoms with Gasteiger partial charge in [-0.15, -0.1) is 0 Å². The smallest absolute Gasteiger partial charge is 0.128 e. The Bertz CT molecular complexity index is 589. The predicted molar refractivity (Wildman–Crippen MR) is 66.6 cm³/mol. The van der Waals surface area contributed by atoms with E-state index in [1.165, 1.54) is 12.3 Å². The van der Waals surface area contributed by atoms with Crippen molar-refractivity contribution in [2.24, 2.45) is 0 Å². The molecule has 1 N–H and O–H groups in total. The van der Waals surface area contributed by atoms with Gasteiger partial charge in [0, 0.05) is 30.8 Å². The zero-order valence-corrected chi connectivity index (χ0v) is 10.7. The summed E-state index contributed by atoms with van der Waals surface area (Å²) in [5, 5.41) is 13.6. The van der Waals surface area contributed by atoms with Gasteiger partial charge in [-0.25, -0.2) is 8.78 Å². The van der Waals surface area contributed by atoms with Crippen molar-refractivity contribution in [1.82, 2.24) is 10.1 Å². The SMILES string of the molecule is O[C@@H]1C[C@H](c2cc(F)ccc2F)N(Cc2ccon2)C1. The number of aliphatic hydroxyl groups is 1. The van der Waals surface area contributed by atoms with Crippen molar-refractivity contribution in [2.75, 3.05) is 6.54 Å². The minimum absolute atomic E-state index is 0.269. The number of rotatable bonds is 3.